The lowest BCUT2D eigenvalue weighted by atomic mass is 10.1. The average Bonchev–Trinajstić information content (AvgIpc) is 2.87. The number of carbonyl (C=O) groups excluding carboxylic acids is 1. The number of carbonyl (C=O) groups is 1. The number of thioether (sulfide) groups is 1. The van der Waals surface area contributed by atoms with Gasteiger partial charge in [-0.25, -0.2) is 0 Å². The molecule has 1 amide bonds. The molecule has 1 aromatic carbocycles. The lowest BCUT2D eigenvalue weighted by Crippen LogP contribution is -2.30. The Labute approximate surface area is 120 Å². The molecule has 0 unspecified atom stereocenters. The Balaban J connectivity index is 2.16. The highest BCUT2D eigenvalue weighted by molar-refractivity contribution is 7.99. The van der Waals surface area contributed by atoms with Crippen molar-refractivity contribution in [2.75, 3.05) is 12.3 Å². The van der Waals surface area contributed by atoms with E-state index in [9.17, 15) is 18.0 Å². The molecule has 0 aliphatic carbocycles. The number of halogens is 3. The highest BCUT2D eigenvalue weighted by Crippen LogP contribution is 2.39. The molecule has 1 saturated heterocycles. The van der Waals surface area contributed by atoms with Gasteiger partial charge in [-0.3, -0.25) is 4.79 Å². The summed E-state index contributed by atoms with van der Waals surface area (Å²) in [5, 5.41) is -0.156. The zero-order valence-corrected chi connectivity index (χ0v) is 11.9. The fourth-order valence-corrected chi connectivity index (χ4v) is 3.47. The molecule has 110 valence electrons. The average molecular weight is 303 g/mol. The van der Waals surface area contributed by atoms with E-state index in [2.05, 4.69) is 0 Å². The summed E-state index contributed by atoms with van der Waals surface area (Å²) < 4.78 is 37.6. The molecule has 1 heterocycles. The van der Waals surface area contributed by atoms with E-state index in [4.69, 9.17) is 0 Å². The number of amides is 1. The topological polar surface area (TPSA) is 20.3 Å². The molecule has 6 heteroatoms. The fraction of sp³-hybridized carbons (Fsp3) is 0.500. The SMILES string of the molecule is CCCC(=O)N1CCS[C@H]1c1ccc(C(F)(F)F)cc1. The molecular formula is C14H16F3NOS. The van der Waals surface area contributed by atoms with Crippen molar-refractivity contribution in [2.45, 2.75) is 31.3 Å². The van der Waals surface area contributed by atoms with Crippen LogP contribution in [-0.2, 0) is 11.0 Å². The van der Waals surface area contributed by atoms with E-state index in [0.29, 0.717) is 13.0 Å². The summed E-state index contributed by atoms with van der Waals surface area (Å²) in [4.78, 5) is 13.7. The number of benzene rings is 1. The van der Waals surface area contributed by atoms with E-state index >= 15 is 0 Å². The van der Waals surface area contributed by atoms with E-state index in [1.807, 2.05) is 6.92 Å². The molecule has 1 fully saturated rings. The van der Waals surface area contributed by atoms with Crippen LogP contribution in [0.4, 0.5) is 13.2 Å². The van der Waals surface area contributed by atoms with Crippen molar-refractivity contribution in [3.63, 3.8) is 0 Å². The van der Waals surface area contributed by atoms with E-state index < -0.39 is 11.7 Å². The van der Waals surface area contributed by atoms with Crippen LogP contribution in [0.2, 0.25) is 0 Å². The zero-order valence-electron chi connectivity index (χ0n) is 11.1. The van der Waals surface area contributed by atoms with E-state index in [-0.39, 0.29) is 11.3 Å². The van der Waals surface area contributed by atoms with Gasteiger partial charge in [0.15, 0.2) is 0 Å². The second-order valence-corrected chi connectivity index (χ2v) is 5.87. The summed E-state index contributed by atoms with van der Waals surface area (Å²) in [5.74, 6) is 0.892. The van der Waals surface area contributed by atoms with Crippen molar-refractivity contribution in [2.24, 2.45) is 0 Å². The van der Waals surface area contributed by atoms with Gasteiger partial charge in [0, 0.05) is 18.7 Å². The van der Waals surface area contributed by atoms with Gasteiger partial charge in [0.1, 0.15) is 5.37 Å². The van der Waals surface area contributed by atoms with Crippen molar-refractivity contribution in [3.05, 3.63) is 35.4 Å². The number of rotatable bonds is 3. The number of alkyl halides is 3. The van der Waals surface area contributed by atoms with Gasteiger partial charge in [-0.1, -0.05) is 19.1 Å². The van der Waals surface area contributed by atoms with Crippen molar-refractivity contribution < 1.29 is 18.0 Å². The third-order valence-corrected chi connectivity index (χ3v) is 4.46. The van der Waals surface area contributed by atoms with E-state index in [1.54, 1.807) is 16.7 Å². The summed E-state index contributed by atoms with van der Waals surface area (Å²) in [5.41, 5.74) is 0.0978. The Morgan fingerprint density at radius 3 is 2.55 bits per heavy atom. The predicted molar refractivity (Wildman–Crippen MR) is 73.3 cm³/mol. The van der Waals surface area contributed by atoms with Gasteiger partial charge < -0.3 is 4.90 Å². The van der Waals surface area contributed by atoms with Crippen LogP contribution in [0.15, 0.2) is 24.3 Å². The molecule has 0 radical (unpaired) electrons. The molecule has 1 aliphatic rings. The Morgan fingerprint density at radius 1 is 1.35 bits per heavy atom. The molecule has 1 atom stereocenters. The molecular weight excluding hydrogens is 287 g/mol. The van der Waals surface area contributed by atoms with Gasteiger partial charge in [0.2, 0.25) is 5.91 Å². The van der Waals surface area contributed by atoms with Crippen molar-refractivity contribution in [1.82, 2.24) is 4.90 Å². The highest BCUT2D eigenvalue weighted by Gasteiger charge is 2.32. The molecule has 2 nitrogen and oxygen atoms in total. The first-order valence-electron chi connectivity index (χ1n) is 6.51. The third kappa shape index (κ3) is 3.29. The first-order chi connectivity index (χ1) is 9.43. The number of hydrogen-bond donors (Lipinski definition) is 0. The van der Waals surface area contributed by atoms with Gasteiger partial charge in [0.25, 0.3) is 0 Å². The Kier molecular flexibility index (Phi) is 4.62. The molecule has 1 aromatic rings. The summed E-state index contributed by atoms with van der Waals surface area (Å²) in [6, 6.07) is 5.10. The van der Waals surface area contributed by atoms with Gasteiger partial charge in [-0.05, 0) is 24.1 Å². The molecule has 2 rings (SSSR count). The third-order valence-electron chi connectivity index (χ3n) is 3.20. The zero-order chi connectivity index (χ0) is 14.8. The predicted octanol–water partition coefficient (Wildman–Crippen LogP) is 4.08. The maximum absolute atomic E-state index is 12.5. The van der Waals surface area contributed by atoms with Crippen molar-refractivity contribution in [3.8, 4) is 0 Å². The first kappa shape index (κ1) is 15.2. The quantitative estimate of drug-likeness (QED) is 0.838. The summed E-state index contributed by atoms with van der Waals surface area (Å²) in [6.45, 7) is 2.60. The minimum Gasteiger partial charge on any atom is -0.326 e. The van der Waals surface area contributed by atoms with Crippen LogP contribution in [0.3, 0.4) is 0 Å². The van der Waals surface area contributed by atoms with Crippen molar-refractivity contribution in [1.29, 1.82) is 0 Å². The second kappa shape index (κ2) is 6.08. The highest BCUT2D eigenvalue weighted by atomic mass is 32.2. The first-order valence-corrected chi connectivity index (χ1v) is 7.56. The number of hydrogen-bond acceptors (Lipinski definition) is 2. The molecule has 20 heavy (non-hydrogen) atoms. The van der Waals surface area contributed by atoms with Gasteiger partial charge in [-0.2, -0.15) is 13.2 Å². The standard InChI is InChI=1S/C14H16F3NOS/c1-2-3-12(19)18-8-9-20-13(18)10-4-6-11(7-5-10)14(15,16)17/h4-7,13H,2-3,8-9H2,1H3/t13-/m0/s1. The van der Waals surface area contributed by atoms with Crippen LogP contribution in [0, 0.1) is 0 Å². The summed E-state index contributed by atoms with van der Waals surface area (Å²) in [7, 11) is 0. The Bertz CT molecular complexity index is 472. The lowest BCUT2D eigenvalue weighted by molar-refractivity contribution is -0.137. The molecule has 0 N–H and O–H groups in total. The lowest BCUT2D eigenvalue weighted by Gasteiger charge is -2.24. The van der Waals surface area contributed by atoms with Crippen LogP contribution in [0.5, 0.6) is 0 Å². The maximum atomic E-state index is 12.5. The minimum atomic E-state index is -4.32. The molecule has 0 spiro atoms. The summed E-state index contributed by atoms with van der Waals surface area (Å²) in [6.07, 6.45) is -3.06. The van der Waals surface area contributed by atoms with Crippen LogP contribution in [-0.4, -0.2) is 23.1 Å². The molecule has 1 aliphatic heterocycles. The van der Waals surface area contributed by atoms with Gasteiger partial charge in [-0.15, -0.1) is 11.8 Å². The fourth-order valence-electron chi connectivity index (χ4n) is 2.20. The molecule has 0 saturated carbocycles. The van der Waals surface area contributed by atoms with E-state index in [1.165, 1.54) is 12.1 Å². The normalized spacial score (nSPS) is 19.4. The Morgan fingerprint density at radius 2 is 2.00 bits per heavy atom. The Hall–Kier alpha value is -1.17. The molecule has 0 aromatic heterocycles. The van der Waals surface area contributed by atoms with Crippen LogP contribution in [0.1, 0.15) is 36.3 Å². The number of nitrogens with zero attached hydrogens (tertiary/aromatic N) is 1. The minimum absolute atomic E-state index is 0.0717. The van der Waals surface area contributed by atoms with Crippen LogP contribution >= 0.6 is 11.8 Å². The summed E-state index contributed by atoms with van der Waals surface area (Å²) >= 11 is 1.59. The van der Waals surface area contributed by atoms with Crippen LogP contribution < -0.4 is 0 Å². The second-order valence-electron chi connectivity index (χ2n) is 4.68. The van der Waals surface area contributed by atoms with Crippen molar-refractivity contribution >= 4 is 17.7 Å². The van der Waals surface area contributed by atoms with Crippen LogP contribution in [0.25, 0.3) is 0 Å². The molecule has 0 bridgehead atoms. The smallest absolute Gasteiger partial charge is 0.326 e. The van der Waals surface area contributed by atoms with Gasteiger partial charge in [0.05, 0.1) is 5.56 Å². The van der Waals surface area contributed by atoms with E-state index in [0.717, 1.165) is 29.9 Å². The maximum Gasteiger partial charge on any atom is 0.416 e. The van der Waals surface area contributed by atoms with Gasteiger partial charge >= 0.3 is 6.18 Å². The largest absolute Gasteiger partial charge is 0.416 e. The monoisotopic (exact) mass is 303 g/mol.